The molecule has 1 N–H and O–H groups in total. The van der Waals surface area contributed by atoms with Crippen LogP contribution in [0.15, 0.2) is 10.9 Å². The molecule has 1 amide bonds. The van der Waals surface area contributed by atoms with Gasteiger partial charge in [-0.25, -0.2) is 4.98 Å². The minimum Gasteiger partial charge on any atom is -0.336 e. The lowest BCUT2D eigenvalue weighted by molar-refractivity contribution is 0.0756. The number of nitrogens with zero attached hydrogens (tertiary/aromatic N) is 4. The molecule has 0 saturated carbocycles. The fourth-order valence-corrected chi connectivity index (χ4v) is 3.26. The van der Waals surface area contributed by atoms with E-state index >= 15 is 0 Å². The van der Waals surface area contributed by atoms with Crippen LogP contribution in [-0.4, -0.2) is 57.1 Å². The van der Waals surface area contributed by atoms with Gasteiger partial charge in [0.15, 0.2) is 0 Å². The van der Waals surface area contributed by atoms with Gasteiger partial charge in [-0.1, -0.05) is 11.6 Å². The highest BCUT2D eigenvalue weighted by molar-refractivity contribution is 7.07. The first-order valence-corrected chi connectivity index (χ1v) is 8.56. The van der Waals surface area contributed by atoms with Crippen molar-refractivity contribution in [2.24, 2.45) is 0 Å². The van der Waals surface area contributed by atoms with E-state index in [1.807, 2.05) is 11.8 Å². The highest BCUT2D eigenvalue weighted by Gasteiger charge is 2.22. The molecule has 8 heteroatoms. The molecular formula is C14H18ClN5OS. The molecule has 0 aliphatic carbocycles. The predicted octanol–water partition coefficient (Wildman–Crippen LogP) is 2.18. The van der Waals surface area contributed by atoms with Crippen molar-refractivity contribution in [1.82, 2.24) is 25.0 Å². The molecule has 1 saturated heterocycles. The smallest absolute Gasteiger partial charge is 0.273 e. The van der Waals surface area contributed by atoms with Gasteiger partial charge in [0, 0.05) is 38.1 Å². The van der Waals surface area contributed by atoms with Crippen molar-refractivity contribution < 1.29 is 4.79 Å². The second-order valence-electron chi connectivity index (χ2n) is 5.40. The minimum atomic E-state index is 0.0248. The van der Waals surface area contributed by atoms with Crippen LogP contribution in [0.5, 0.6) is 0 Å². The van der Waals surface area contributed by atoms with Gasteiger partial charge in [-0.15, -0.1) is 11.3 Å². The second kappa shape index (κ2) is 6.76. The summed E-state index contributed by atoms with van der Waals surface area (Å²) in [6, 6.07) is 0. The van der Waals surface area contributed by atoms with E-state index in [0.29, 0.717) is 23.8 Å². The summed E-state index contributed by atoms with van der Waals surface area (Å²) >= 11 is 7.67. The summed E-state index contributed by atoms with van der Waals surface area (Å²) in [4.78, 5) is 20.6. The van der Waals surface area contributed by atoms with E-state index in [9.17, 15) is 4.79 Å². The first kappa shape index (κ1) is 15.5. The molecule has 0 unspecified atom stereocenters. The maximum absolute atomic E-state index is 12.3. The number of thiazole rings is 1. The number of rotatable bonds is 3. The Morgan fingerprint density at radius 1 is 1.41 bits per heavy atom. The van der Waals surface area contributed by atoms with Gasteiger partial charge in [-0.3, -0.25) is 14.8 Å². The zero-order valence-corrected chi connectivity index (χ0v) is 14.0. The molecular weight excluding hydrogens is 322 g/mol. The standard InChI is InChI=1S/C14H18ClN5OS/c1-10-13(15)11(18-17-10)7-19-3-2-4-20(6-5-19)14(21)12-8-22-9-16-12/h8-9H,2-7H2,1H3,(H,17,18). The lowest BCUT2D eigenvalue weighted by atomic mass is 10.3. The largest absolute Gasteiger partial charge is 0.336 e. The Hall–Kier alpha value is -1.44. The molecule has 6 nitrogen and oxygen atoms in total. The fourth-order valence-electron chi connectivity index (χ4n) is 2.59. The summed E-state index contributed by atoms with van der Waals surface area (Å²) in [5.74, 6) is 0.0248. The predicted molar refractivity (Wildman–Crippen MR) is 86.2 cm³/mol. The van der Waals surface area contributed by atoms with Crippen LogP contribution in [-0.2, 0) is 6.54 Å². The summed E-state index contributed by atoms with van der Waals surface area (Å²) < 4.78 is 0. The van der Waals surface area contributed by atoms with Crippen LogP contribution in [0.1, 0.15) is 28.3 Å². The van der Waals surface area contributed by atoms with Crippen LogP contribution in [0.2, 0.25) is 5.02 Å². The van der Waals surface area contributed by atoms with E-state index in [4.69, 9.17) is 11.6 Å². The topological polar surface area (TPSA) is 65.1 Å². The number of aromatic amines is 1. The molecule has 0 aromatic carbocycles. The van der Waals surface area contributed by atoms with Gasteiger partial charge in [-0.05, 0) is 13.3 Å². The van der Waals surface area contributed by atoms with E-state index in [-0.39, 0.29) is 5.91 Å². The van der Waals surface area contributed by atoms with Crippen LogP contribution in [0.25, 0.3) is 0 Å². The number of amides is 1. The maximum atomic E-state index is 12.3. The van der Waals surface area contributed by atoms with Crippen LogP contribution in [0.4, 0.5) is 0 Å². The molecule has 0 bridgehead atoms. The van der Waals surface area contributed by atoms with Gasteiger partial charge in [0.25, 0.3) is 5.91 Å². The summed E-state index contributed by atoms with van der Waals surface area (Å²) in [6.45, 7) is 5.84. The summed E-state index contributed by atoms with van der Waals surface area (Å²) in [5.41, 5.74) is 4.01. The Morgan fingerprint density at radius 2 is 2.27 bits per heavy atom. The number of aryl methyl sites for hydroxylation is 1. The highest BCUT2D eigenvalue weighted by atomic mass is 35.5. The van der Waals surface area contributed by atoms with Crippen LogP contribution in [0.3, 0.4) is 0 Å². The number of carbonyl (C=O) groups excluding carboxylic acids is 1. The normalized spacial score (nSPS) is 16.7. The van der Waals surface area contributed by atoms with Crippen LogP contribution < -0.4 is 0 Å². The molecule has 3 rings (SSSR count). The SMILES string of the molecule is Cc1[nH]nc(CN2CCCN(C(=O)c3cscn3)CC2)c1Cl. The molecule has 0 spiro atoms. The summed E-state index contributed by atoms with van der Waals surface area (Å²) in [7, 11) is 0. The molecule has 0 radical (unpaired) electrons. The molecule has 2 aromatic rings. The maximum Gasteiger partial charge on any atom is 0.273 e. The van der Waals surface area contributed by atoms with Gasteiger partial charge in [-0.2, -0.15) is 5.10 Å². The lowest BCUT2D eigenvalue weighted by Crippen LogP contribution is -2.35. The number of nitrogens with one attached hydrogen (secondary N) is 1. The van der Waals surface area contributed by atoms with Gasteiger partial charge in [0.05, 0.1) is 21.9 Å². The summed E-state index contributed by atoms with van der Waals surface area (Å²) in [5, 5.41) is 9.67. The third-order valence-electron chi connectivity index (χ3n) is 3.84. The number of H-pyrrole nitrogens is 1. The Bertz CT molecular complexity index is 642. The van der Waals surface area contributed by atoms with Crippen molar-refractivity contribution in [2.75, 3.05) is 26.2 Å². The fraction of sp³-hybridized carbons (Fsp3) is 0.500. The third kappa shape index (κ3) is 3.31. The third-order valence-corrected chi connectivity index (χ3v) is 4.93. The number of carbonyl (C=O) groups is 1. The number of aromatic nitrogens is 3. The Morgan fingerprint density at radius 3 is 2.95 bits per heavy atom. The summed E-state index contributed by atoms with van der Waals surface area (Å²) in [6.07, 6.45) is 0.941. The lowest BCUT2D eigenvalue weighted by Gasteiger charge is -2.21. The average molecular weight is 340 g/mol. The second-order valence-corrected chi connectivity index (χ2v) is 6.50. The van der Waals surface area contributed by atoms with Gasteiger partial charge < -0.3 is 4.90 Å². The Balaban J connectivity index is 1.60. The van der Waals surface area contributed by atoms with Crippen molar-refractivity contribution in [3.8, 4) is 0 Å². The molecule has 1 aliphatic heterocycles. The van der Waals surface area contributed by atoms with Crippen LogP contribution >= 0.6 is 22.9 Å². The van der Waals surface area contributed by atoms with E-state index in [1.54, 1.807) is 10.9 Å². The Labute approximate surface area is 138 Å². The quantitative estimate of drug-likeness (QED) is 0.930. The van der Waals surface area contributed by atoms with E-state index in [2.05, 4.69) is 20.1 Å². The number of halogens is 1. The molecule has 3 heterocycles. The Kier molecular flexibility index (Phi) is 4.75. The number of hydrogen-bond acceptors (Lipinski definition) is 5. The molecule has 0 atom stereocenters. The van der Waals surface area contributed by atoms with Crippen molar-refractivity contribution in [3.63, 3.8) is 0 Å². The van der Waals surface area contributed by atoms with E-state index < -0.39 is 0 Å². The number of hydrogen-bond donors (Lipinski definition) is 1. The molecule has 1 fully saturated rings. The van der Waals surface area contributed by atoms with Gasteiger partial charge in [0.2, 0.25) is 0 Å². The zero-order chi connectivity index (χ0) is 15.5. The van der Waals surface area contributed by atoms with Gasteiger partial charge in [0.1, 0.15) is 5.69 Å². The first-order valence-electron chi connectivity index (χ1n) is 7.24. The average Bonchev–Trinajstić information content (AvgIpc) is 3.08. The van der Waals surface area contributed by atoms with E-state index in [0.717, 1.165) is 37.4 Å². The van der Waals surface area contributed by atoms with Gasteiger partial charge >= 0.3 is 0 Å². The zero-order valence-electron chi connectivity index (χ0n) is 12.4. The van der Waals surface area contributed by atoms with Crippen LogP contribution in [0, 0.1) is 6.92 Å². The first-order chi connectivity index (χ1) is 10.6. The highest BCUT2D eigenvalue weighted by Crippen LogP contribution is 2.19. The molecule has 118 valence electrons. The molecule has 2 aromatic heterocycles. The minimum absolute atomic E-state index is 0.0248. The van der Waals surface area contributed by atoms with E-state index in [1.165, 1.54) is 11.3 Å². The molecule has 22 heavy (non-hydrogen) atoms. The van der Waals surface area contributed by atoms with Crippen molar-refractivity contribution in [3.05, 3.63) is 33.0 Å². The van der Waals surface area contributed by atoms with Crippen molar-refractivity contribution >= 4 is 28.8 Å². The van der Waals surface area contributed by atoms with Crippen molar-refractivity contribution in [2.45, 2.75) is 19.9 Å². The van der Waals surface area contributed by atoms with Crippen molar-refractivity contribution in [1.29, 1.82) is 0 Å². The monoisotopic (exact) mass is 339 g/mol. The molecule has 1 aliphatic rings.